The van der Waals surface area contributed by atoms with Crippen molar-refractivity contribution in [2.75, 3.05) is 13.1 Å². The zero-order valence-corrected chi connectivity index (χ0v) is 23.1. The van der Waals surface area contributed by atoms with Crippen LogP contribution in [0.3, 0.4) is 0 Å². The van der Waals surface area contributed by atoms with Gasteiger partial charge in [-0.3, -0.25) is 14.5 Å². The van der Waals surface area contributed by atoms with Gasteiger partial charge in [0, 0.05) is 25.6 Å². The summed E-state index contributed by atoms with van der Waals surface area (Å²) in [5, 5.41) is 1.02. The molecule has 194 valence electrons. The first-order chi connectivity index (χ1) is 17.2. The topological polar surface area (TPSA) is 40.6 Å². The van der Waals surface area contributed by atoms with Gasteiger partial charge in [0.2, 0.25) is 5.91 Å². The number of Topliss-reactive ketones (excluding diaryl/α,β-unsaturated/α-hetero) is 1. The lowest BCUT2D eigenvalue weighted by Crippen LogP contribution is -2.63. The molecule has 1 amide bonds. The van der Waals surface area contributed by atoms with E-state index >= 15 is 0 Å². The lowest BCUT2D eigenvalue weighted by molar-refractivity contribution is -0.151. The average Bonchev–Trinajstić information content (AvgIpc) is 3.25. The fraction of sp³-hybridized carbons (Fsp3) is 0.533. The van der Waals surface area contributed by atoms with Crippen LogP contribution in [0.25, 0.3) is 0 Å². The van der Waals surface area contributed by atoms with Gasteiger partial charge in [-0.2, -0.15) is 0 Å². The van der Waals surface area contributed by atoms with E-state index < -0.39 is 0 Å². The second-order valence-electron chi connectivity index (χ2n) is 11.1. The summed E-state index contributed by atoms with van der Waals surface area (Å²) in [5.41, 5.74) is 2.31. The van der Waals surface area contributed by atoms with Crippen molar-refractivity contribution in [2.45, 2.75) is 77.4 Å². The van der Waals surface area contributed by atoms with Crippen molar-refractivity contribution in [3.05, 3.63) is 69.7 Å². The lowest BCUT2D eigenvalue weighted by Gasteiger charge is -2.46. The largest absolute Gasteiger partial charge is 0.330 e. The number of carbonyl (C=O) groups is 2. The molecular formula is C30H38Cl2N2O2. The Bertz CT molecular complexity index is 1060. The van der Waals surface area contributed by atoms with Crippen LogP contribution in [0.1, 0.15) is 57.6 Å². The third-order valence-electron chi connectivity index (χ3n) is 7.69. The van der Waals surface area contributed by atoms with E-state index in [-0.39, 0.29) is 29.8 Å². The van der Waals surface area contributed by atoms with Crippen LogP contribution in [0.2, 0.25) is 10.0 Å². The molecule has 0 N–H and O–H groups in total. The molecule has 2 heterocycles. The molecule has 0 aromatic heterocycles. The van der Waals surface area contributed by atoms with E-state index in [4.69, 9.17) is 23.2 Å². The molecule has 36 heavy (non-hydrogen) atoms. The maximum Gasteiger partial charge on any atom is 0.240 e. The number of hydrogen-bond donors (Lipinski definition) is 0. The predicted octanol–water partition coefficient (Wildman–Crippen LogP) is 6.46. The number of aryl methyl sites for hydroxylation is 2. The van der Waals surface area contributed by atoms with Gasteiger partial charge in [0.1, 0.15) is 0 Å². The minimum atomic E-state index is -0.377. The molecule has 2 aliphatic rings. The Kier molecular flexibility index (Phi) is 9.14. The second kappa shape index (κ2) is 12.1. The van der Waals surface area contributed by atoms with Crippen molar-refractivity contribution in [3.63, 3.8) is 0 Å². The number of ketones is 1. The highest BCUT2D eigenvalue weighted by Crippen LogP contribution is 2.34. The number of halogens is 2. The summed E-state index contributed by atoms with van der Waals surface area (Å²) in [5.74, 6) is 1.10. The fourth-order valence-electron chi connectivity index (χ4n) is 5.86. The van der Waals surface area contributed by atoms with Crippen molar-refractivity contribution in [1.29, 1.82) is 0 Å². The molecular weight excluding hydrogens is 491 g/mol. The lowest BCUT2D eigenvalue weighted by atomic mass is 9.91. The molecule has 2 fully saturated rings. The molecule has 4 nitrogen and oxygen atoms in total. The van der Waals surface area contributed by atoms with Crippen LogP contribution in [-0.2, 0) is 22.4 Å². The Balaban J connectivity index is 1.51. The van der Waals surface area contributed by atoms with Gasteiger partial charge < -0.3 is 4.90 Å². The van der Waals surface area contributed by atoms with Gasteiger partial charge in [-0.25, -0.2) is 0 Å². The maximum atomic E-state index is 13.8. The maximum absolute atomic E-state index is 13.8. The van der Waals surface area contributed by atoms with Crippen molar-refractivity contribution in [2.24, 2.45) is 11.8 Å². The summed E-state index contributed by atoms with van der Waals surface area (Å²) in [7, 11) is 0. The standard InChI is InChI=1S/C30H38Cl2N2O2/c1-20(2)15-27(29(35)14-11-23-10-13-25(31)26(32)17-23)34-19-24(12-9-22-7-5-4-6-8-22)33-18-21(3)16-28(33)30(34)36/h4-8,10,13,17,20-21,24,27-28H,9,11-12,14-16,18-19H2,1-3H3/t21-,24?,27-,28+/m1/s1. The first kappa shape index (κ1) is 27.2. The zero-order valence-electron chi connectivity index (χ0n) is 21.6. The number of amides is 1. The van der Waals surface area contributed by atoms with Gasteiger partial charge in [0.05, 0.1) is 22.1 Å². The summed E-state index contributed by atoms with van der Waals surface area (Å²) in [6.45, 7) is 8.09. The predicted molar refractivity (Wildman–Crippen MR) is 148 cm³/mol. The number of hydrogen-bond acceptors (Lipinski definition) is 3. The third-order valence-corrected chi connectivity index (χ3v) is 8.43. The van der Waals surface area contributed by atoms with Crippen LogP contribution in [0.4, 0.5) is 0 Å². The van der Waals surface area contributed by atoms with Crippen molar-refractivity contribution >= 4 is 34.9 Å². The number of nitrogens with zero attached hydrogens (tertiary/aromatic N) is 2. The number of rotatable bonds is 10. The number of benzene rings is 2. The van der Waals surface area contributed by atoms with E-state index in [9.17, 15) is 9.59 Å². The van der Waals surface area contributed by atoms with Gasteiger partial charge in [0.15, 0.2) is 5.78 Å². The van der Waals surface area contributed by atoms with Gasteiger partial charge >= 0.3 is 0 Å². The van der Waals surface area contributed by atoms with E-state index in [1.54, 1.807) is 6.07 Å². The van der Waals surface area contributed by atoms with Crippen LogP contribution in [0, 0.1) is 11.8 Å². The Morgan fingerprint density at radius 1 is 1.00 bits per heavy atom. The molecule has 0 radical (unpaired) electrons. The summed E-state index contributed by atoms with van der Waals surface area (Å²) < 4.78 is 0. The molecule has 2 aromatic carbocycles. The van der Waals surface area contributed by atoms with Crippen LogP contribution in [0.15, 0.2) is 48.5 Å². The minimum absolute atomic E-state index is 0.105. The highest BCUT2D eigenvalue weighted by atomic mass is 35.5. The Morgan fingerprint density at radius 3 is 2.44 bits per heavy atom. The highest BCUT2D eigenvalue weighted by Gasteiger charge is 2.47. The quantitative estimate of drug-likeness (QED) is 0.355. The monoisotopic (exact) mass is 528 g/mol. The van der Waals surface area contributed by atoms with Gasteiger partial charge in [-0.1, -0.05) is 80.4 Å². The van der Waals surface area contributed by atoms with Gasteiger partial charge in [-0.15, -0.1) is 0 Å². The van der Waals surface area contributed by atoms with Crippen LogP contribution < -0.4 is 0 Å². The summed E-state index contributed by atoms with van der Waals surface area (Å²) in [4.78, 5) is 31.8. The molecule has 6 heteroatoms. The second-order valence-corrected chi connectivity index (χ2v) is 11.9. The number of fused-ring (bicyclic) bond motifs is 1. The van der Waals surface area contributed by atoms with E-state index in [0.717, 1.165) is 31.4 Å². The van der Waals surface area contributed by atoms with E-state index in [0.29, 0.717) is 47.7 Å². The SMILES string of the molecule is CC(C)C[C@H](C(=O)CCc1ccc(Cl)c(Cl)c1)N1CC(CCc2ccccc2)N2C[C@H](C)C[C@H]2C1=O. The molecule has 2 aliphatic heterocycles. The summed E-state index contributed by atoms with van der Waals surface area (Å²) >= 11 is 12.2. The molecule has 2 saturated heterocycles. The van der Waals surface area contributed by atoms with Gasteiger partial charge in [0.25, 0.3) is 0 Å². The van der Waals surface area contributed by atoms with E-state index in [1.165, 1.54) is 5.56 Å². The molecule has 2 aromatic rings. The Hall–Kier alpha value is -1.88. The number of carbonyl (C=O) groups excluding carboxylic acids is 2. The molecule has 0 spiro atoms. The zero-order chi connectivity index (χ0) is 25.8. The highest BCUT2D eigenvalue weighted by molar-refractivity contribution is 6.42. The smallest absolute Gasteiger partial charge is 0.240 e. The molecule has 1 unspecified atom stereocenters. The molecule has 4 rings (SSSR count). The summed E-state index contributed by atoms with van der Waals surface area (Å²) in [6.07, 6.45) is 4.52. The van der Waals surface area contributed by atoms with E-state index in [2.05, 4.69) is 49.9 Å². The minimum Gasteiger partial charge on any atom is -0.330 e. The van der Waals surface area contributed by atoms with Gasteiger partial charge in [-0.05, 0) is 67.2 Å². The van der Waals surface area contributed by atoms with Crippen LogP contribution in [0.5, 0.6) is 0 Å². The Labute approximate surface area is 225 Å². The van der Waals surface area contributed by atoms with Crippen molar-refractivity contribution < 1.29 is 9.59 Å². The first-order valence-electron chi connectivity index (χ1n) is 13.3. The molecule has 0 aliphatic carbocycles. The van der Waals surface area contributed by atoms with Crippen molar-refractivity contribution in [3.8, 4) is 0 Å². The summed E-state index contributed by atoms with van der Waals surface area (Å²) in [6, 6.07) is 15.9. The molecule has 4 atom stereocenters. The van der Waals surface area contributed by atoms with Crippen LogP contribution >= 0.6 is 23.2 Å². The normalized spacial score (nSPS) is 23.2. The first-order valence-corrected chi connectivity index (χ1v) is 14.0. The number of piperazine rings is 1. The van der Waals surface area contributed by atoms with Crippen molar-refractivity contribution in [1.82, 2.24) is 9.80 Å². The Morgan fingerprint density at radius 2 is 1.75 bits per heavy atom. The fourth-order valence-corrected chi connectivity index (χ4v) is 6.18. The molecule has 0 saturated carbocycles. The molecule has 0 bridgehead atoms. The van der Waals surface area contributed by atoms with E-state index in [1.807, 2.05) is 23.1 Å². The van der Waals surface area contributed by atoms with Crippen LogP contribution in [-0.4, -0.2) is 52.7 Å². The third kappa shape index (κ3) is 6.51. The average molecular weight is 530 g/mol.